The van der Waals surface area contributed by atoms with Crippen LogP contribution in [-0.2, 0) is 6.54 Å². The summed E-state index contributed by atoms with van der Waals surface area (Å²) < 4.78 is 1.95. The molecule has 1 aromatic heterocycles. The van der Waals surface area contributed by atoms with Gasteiger partial charge in [0.1, 0.15) is 0 Å². The van der Waals surface area contributed by atoms with Crippen LogP contribution in [0.2, 0.25) is 0 Å². The zero-order valence-electron chi connectivity index (χ0n) is 12.6. The van der Waals surface area contributed by atoms with Gasteiger partial charge in [0.2, 0.25) is 0 Å². The van der Waals surface area contributed by atoms with E-state index in [4.69, 9.17) is 0 Å². The highest BCUT2D eigenvalue weighted by atomic mass is 15.3. The number of hydrogen-bond acceptors (Lipinski definition) is 2. The molecular weight excluding hydrogens is 238 g/mol. The Bertz CT molecular complexity index is 358. The Morgan fingerprint density at radius 3 is 2.74 bits per heavy atom. The molecule has 0 saturated carbocycles. The summed E-state index contributed by atoms with van der Waals surface area (Å²) in [6.45, 7) is 11.2. The third kappa shape index (κ3) is 6.27. The zero-order chi connectivity index (χ0) is 14.1. The summed E-state index contributed by atoms with van der Waals surface area (Å²) in [5.74, 6) is 1.37. The fourth-order valence-electron chi connectivity index (χ4n) is 1.69. The maximum absolute atomic E-state index is 4.64. The number of aromatic nitrogens is 2. The number of nitrogens with one attached hydrogen (secondary N) is 2. The van der Waals surface area contributed by atoms with Crippen LogP contribution in [0.25, 0.3) is 0 Å². The van der Waals surface area contributed by atoms with Gasteiger partial charge in [-0.25, -0.2) is 0 Å². The van der Waals surface area contributed by atoms with Gasteiger partial charge in [-0.1, -0.05) is 13.8 Å². The van der Waals surface area contributed by atoms with Crippen molar-refractivity contribution < 1.29 is 0 Å². The highest BCUT2D eigenvalue weighted by Gasteiger charge is 2.05. The second-order valence-corrected chi connectivity index (χ2v) is 5.01. The van der Waals surface area contributed by atoms with Crippen LogP contribution < -0.4 is 10.6 Å². The van der Waals surface area contributed by atoms with Gasteiger partial charge in [0.25, 0.3) is 0 Å². The molecular formula is C14H27N5. The van der Waals surface area contributed by atoms with Gasteiger partial charge >= 0.3 is 0 Å². The van der Waals surface area contributed by atoms with Crippen molar-refractivity contribution in [3.05, 3.63) is 18.5 Å². The second-order valence-electron chi connectivity index (χ2n) is 5.01. The highest BCUT2D eigenvalue weighted by Crippen LogP contribution is 2.00. The first-order chi connectivity index (χ1) is 9.15. The maximum atomic E-state index is 4.64. The summed E-state index contributed by atoms with van der Waals surface area (Å²) in [6.07, 6.45) is 4.89. The van der Waals surface area contributed by atoms with Gasteiger partial charge in [0, 0.05) is 38.1 Å². The zero-order valence-corrected chi connectivity index (χ0v) is 12.6. The first-order valence-corrected chi connectivity index (χ1v) is 7.18. The lowest BCUT2D eigenvalue weighted by molar-refractivity contribution is 0.457. The molecule has 0 fully saturated rings. The topological polar surface area (TPSA) is 54.2 Å². The summed E-state index contributed by atoms with van der Waals surface area (Å²) in [6, 6.07) is 2.39. The van der Waals surface area contributed by atoms with Crippen LogP contribution >= 0.6 is 0 Å². The van der Waals surface area contributed by atoms with Crippen molar-refractivity contribution in [3.8, 4) is 0 Å². The van der Waals surface area contributed by atoms with E-state index < -0.39 is 0 Å². The van der Waals surface area contributed by atoms with Gasteiger partial charge in [-0.3, -0.25) is 9.67 Å². The summed E-state index contributed by atoms with van der Waals surface area (Å²) in [7, 11) is 0. The highest BCUT2D eigenvalue weighted by molar-refractivity contribution is 5.80. The van der Waals surface area contributed by atoms with Crippen molar-refractivity contribution >= 4 is 5.96 Å². The van der Waals surface area contributed by atoms with Crippen molar-refractivity contribution in [3.63, 3.8) is 0 Å². The van der Waals surface area contributed by atoms with Crippen LogP contribution in [0.3, 0.4) is 0 Å². The fraction of sp³-hybridized carbons (Fsp3) is 0.714. The standard InChI is InChI=1S/C14H27N5/c1-5-13(4)18-14(15-6-2)16-10-12(3)11-19-9-7-8-17-19/h7-9,12-13H,5-6,10-11H2,1-4H3,(H2,15,16,18). The second kappa shape index (κ2) is 8.56. The smallest absolute Gasteiger partial charge is 0.191 e. The number of hydrogen-bond donors (Lipinski definition) is 2. The molecule has 0 radical (unpaired) electrons. The number of rotatable bonds is 7. The van der Waals surface area contributed by atoms with Gasteiger partial charge in [0.05, 0.1) is 0 Å². The molecule has 1 aromatic rings. The van der Waals surface area contributed by atoms with Gasteiger partial charge in [0.15, 0.2) is 5.96 Å². The van der Waals surface area contributed by atoms with Crippen molar-refractivity contribution in [2.24, 2.45) is 10.9 Å². The number of guanidine groups is 1. The fourth-order valence-corrected chi connectivity index (χ4v) is 1.69. The lowest BCUT2D eigenvalue weighted by atomic mass is 10.2. The summed E-state index contributed by atoms with van der Waals surface area (Å²) in [5, 5.41) is 10.9. The van der Waals surface area contributed by atoms with E-state index in [-0.39, 0.29) is 0 Å². The Morgan fingerprint density at radius 1 is 1.37 bits per heavy atom. The Kier molecular flexibility index (Phi) is 7.00. The normalized spacial score (nSPS) is 15.1. The van der Waals surface area contributed by atoms with Crippen molar-refractivity contribution in [1.29, 1.82) is 0 Å². The van der Waals surface area contributed by atoms with Crippen LogP contribution in [0, 0.1) is 5.92 Å². The van der Waals surface area contributed by atoms with Crippen LogP contribution in [0.4, 0.5) is 0 Å². The molecule has 2 N–H and O–H groups in total. The minimum Gasteiger partial charge on any atom is -0.357 e. The molecule has 0 aromatic carbocycles. The van der Waals surface area contributed by atoms with E-state index in [0.29, 0.717) is 12.0 Å². The summed E-state index contributed by atoms with van der Waals surface area (Å²) in [4.78, 5) is 4.64. The van der Waals surface area contributed by atoms with E-state index in [1.807, 2.05) is 23.1 Å². The van der Waals surface area contributed by atoms with E-state index in [9.17, 15) is 0 Å². The van der Waals surface area contributed by atoms with Crippen LogP contribution in [0.1, 0.15) is 34.1 Å². The van der Waals surface area contributed by atoms with Crippen LogP contribution in [0.5, 0.6) is 0 Å². The minimum atomic E-state index is 0.444. The molecule has 0 saturated heterocycles. The van der Waals surface area contributed by atoms with E-state index in [2.05, 4.69) is 48.4 Å². The molecule has 0 aliphatic carbocycles. The predicted octanol–water partition coefficient (Wildman–Crippen LogP) is 1.87. The first kappa shape index (κ1) is 15.5. The van der Waals surface area contributed by atoms with Gasteiger partial charge < -0.3 is 10.6 Å². The quantitative estimate of drug-likeness (QED) is 0.584. The third-order valence-electron chi connectivity index (χ3n) is 2.96. The number of aliphatic imine (C=N–C) groups is 1. The van der Waals surface area contributed by atoms with Crippen molar-refractivity contribution in [2.45, 2.75) is 46.7 Å². The molecule has 2 atom stereocenters. The van der Waals surface area contributed by atoms with E-state index >= 15 is 0 Å². The summed E-state index contributed by atoms with van der Waals surface area (Å²) >= 11 is 0. The minimum absolute atomic E-state index is 0.444. The molecule has 2 unspecified atom stereocenters. The van der Waals surface area contributed by atoms with Gasteiger partial charge in [-0.05, 0) is 32.3 Å². The number of nitrogens with zero attached hydrogens (tertiary/aromatic N) is 3. The molecule has 0 spiro atoms. The van der Waals surface area contributed by atoms with Crippen LogP contribution in [-0.4, -0.2) is 34.9 Å². The molecule has 19 heavy (non-hydrogen) atoms. The molecule has 108 valence electrons. The summed E-state index contributed by atoms with van der Waals surface area (Å²) in [5.41, 5.74) is 0. The van der Waals surface area contributed by atoms with E-state index in [0.717, 1.165) is 32.0 Å². The van der Waals surface area contributed by atoms with Gasteiger partial charge in [-0.15, -0.1) is 0 Å². The molecule has 0 bridgehead atoms. The van der Waals surface area contributed by atoms with Crippen molar-refractivity contribution in [1.82, 2.24) is 20.4 Å². The van der Waals surface area contributed by atoms with E-state index in [1.165, 1.54) is 0 Å². The lowest BCUT2D eigenvalue weighted by Crippen LogP contribution is -2.42. The molecule has 1 rings (SSSR count). The molecule has 5 nitrogen and oxygen atoms in total. The Morgan fingerprint density at radius 2 is 2.16 bits per heavy atom. The molecule has 0 aliphatic rings. The molecule has 5 heteroatoms. The molecule has 0 aliphatic heterocycles. The van der Waals surface area contributed by atoms with Gasteiger partial charge in [-0.2, -0.15) is 5.10 Å². The average Bonchev–Trinajstić information content (AvgIpc) is 2.88. The SMILES string of the molecule is CCNC(=NCC(C)Cn1cccn1)NC(C)CC. The van der Waals surface area contributed by atoms with Crippen molar-refractivity contribution in [2.75, 3.05) is 13.1 Å². The largest absolute Gasteiger partial charge is 0.357 e. The van der Waals surface area contributed by atoms with Crippen LogP contribution in [0.15, 0.2) is 23.5 Å². The lowest BCUT2D eigenvalue weighted by Gasteiger charge is -2.17. The van der Waals surface area contributed by atoms with E-state index in [1.54, 1.807) is 0 Å². The monoisotopic (exact) mass is 265 g/mol. The predicted molar refractivity (Wildman–Crippen MR) is 80.3 cm³/mol. The molecule has 0 amide bonds. The Balaban J connectivity index is 2.44. The average molecular weight is 265 g/mol. The third-order valence-corrected chi connectivity index (χ3v) is 2.96. The Hall–Kier alpha value is -1.52. The first-order valence-electron chi connectivity index (χ1n) is 7.18. The Labute approximate surface area is 116 Å². The maximum Gasteiger partial charge on any atom is 0.191 e. The molecule has 1 heterocycles.